The lowest BCUT2D eigenvalue weighted by atomic mass is 9.75. The first-order valence-corrected chi connectivity index (χ1v) is 8.05. The summed E-state index contributed by atoms with van der Waals surface area (Å²) in [5.74, 6) is -1.88. The van der Waals surface area contributed by atoms with Crippen LogP contribution in [0.5, 0.6) is 5.75 Å². The summed E-state index contributed by atoms with van der Waals surface area (Å²) in [7, 11) is -3.44. The van der Waals surface area contributed by atoms with Crippen LogP contribution in [0.15, 0.2) is 24.3 Å². The average Bonchev–Trinajstić information content (AvgIpc) is 2.36. The van der Waals surface area contributed by atoms with E-state index in [1.165, 1.54) is 6.07 Å². The van der Waals surface area contributed by atoms with Crippen LogP contribution in [-0.4, -0.2) is 42.1 Å². The van der Waals surface area contributed by atoms with Crippen molar-refractivity contribution < 1.29 is 23.4 Å². The minimum absolute atomic E-state index is 0.0525. The molecule has 2 atom stereocenters. The van der Waals surface area contributed by atoms with Gasteiger partial charge >= 0.3 is 5.97 Å². The molecule has 1 aliphatic heterocycles. The molecule has 20 heavy (non-hydrogen) atoms. The highest BCUT2D eigenvalue weighted by atomic mass is 32.2. The fraction of sp³-hybridized carbons (Fsp3) is 0.462. The van der Waals surface area contributed by atoms with Crippen LogP contribution >= 0.6 is 0 Å². The standard InChI is InChI=1S/C13H17NO5S/c14-11-5-6-20(18,19)8-13(11,12(16)17)7-9-3-1-2-4-10(9)15/h1-4,11,15H,5-8,14H2,(H,16,17). The third-order valence-corrected chi connectivity index (χ3v) is 5.66. The van der Waals surface area contributed by atoms with Gasteiger partial charge in [0.25, 0.3) is 0 Å². The lowest BCUT2D eigenvalue weighted by molar-refractivity contribution is -0.149. The number of phenols is 1. The molecule has 1 saturated heterocycles. The zero-order valence-corrected chi connectivity index (χ0v) is 11.6. The van der Waals surface area contributed by atoms with Crippen molar-refractivity contribution in [3.63, 3.8) is 0 Å². The van der Waals surface area contributed by atoms with Crippen molar-refractivity contribution >= 4 is 15.8 Å². The highest BCUT2D eigenvalue weighted by Gasteiger charge is 2.51. The molecule has 7 heteroatoms. The molecule has 0 saturated carbocycles. The van der Waals surface area contributed by atoms with Gasteiger partial charge in [-0.25, -0.2) is 8.42 Å². The van der Waals surface area contributed by atoms with E-state index in [0.717, 1.165) is 0 Å². The van der Waals surface area contributed by atoms with Crippen molar-refractivity contribution in [2.75, 3.05) is 11.5 Å². The van der Waals surface area contributed by atoms with E-state index in [4.69, 9.17) is 5.73 Å². The number of phenolic OH excluding ortho intramolecular Hbond substituents is 1. The Morgan fingerprint density at radius 3 is 2.65 bits per heavy atom. The molecule has 2 unspecified atom stereocenters. The molecule has 1 aromatic carbocycles. The van der Waals surface area contributed by atoms with E-state index in [1.54, 1.807) is 18.2 Å². The summed E-state index contributed by atoms with van der Waals surface area (Å²) >= 11 is 0. The molecule has 4 N–H and O–H groups in total. The van der Waals surface area contributed by atoms with Crippen molar-refractivity contribution in [1.82, 2.24) is 0 Å². The number of aliphatic carboxylic acids is 1. The quantitative estimate of drug-likeness (QED) is 0.731. The maximum absolute atomic E-state index is 11.8. The van der Waals surface area contributed by atoms with Crippen molar-refractivity contribution in [2.24, 2.45) is 11.1 Å². The summed E-state index contributed by atoms with van der Waals surface area (Å²) in [6, 6.07) is 5.53. The summed E-state index contributed by atoms with van der Waals surface area (Å²) in [5, 5.41) is 19.3. The summed E-state index contributed by atoms with van der Waals surface area (Å²) in [5.41, 5.74) is 4.71. The van der Waals surface area contributed by atoms with Gasteiger partial charge in [0.05, 0.1) is 11.5 Å². The van der Waals surface area contributed by atoms with Gasteiger partial charge in [0, 0.05) is 6.04 Å². The van der Waals surface area contributed by atoms with Gasteiger partial charge in [-0.05, 0) is 24.5 Å². The minimum Gasteiger partial charge on any atom is -0.508 e. The SMILES string of the molecule is NC1CCS(=O)(=O)CC1(Cc1ccccc1O)C(=O)O. The van der Waals surface area contributed by atoms with Crippen LogP contribution in [0.3, 0.4) is 0 Å². The van der Waals surface area contributed by atoms with Crippen LogP contribution in [0.4, 0.5) is 0 Å². The second-order valence-corrected chi connectivity index (χ2v) is 7.44. The van der Waals surface area contributed by atoms with Gasteiger partial charge in [-0.3, -0.25) is 4.79 Å². The number of hydrogen-bond donors (Lipinski definition) is 3. The van der Waals surface area contributed by atoms with E-state index in [2.05, 4.69) is 0 Å². The summed E-state index contributed by atoms with van der Waals surface area (Å²) in [4.78, 5) is 11.7. The second-order valence-electron chi connectivity index (χ2n) is 5.25. The van der Waals surface area contributed by atoms with Crippen molar-refractivity contribution in [3.8, 4) is 5.75 Å². The number of para-hydroxylation sites is 1. The van der Waals surface area contributed by atoms with Crippen LogP contribution in [0.1, 0.15) is 12.0 Å². The Labute approximate surface area is 117 Å². The molecule has 0 aromatic heterocycles. The van der Waals surface area contributed by atoms with E-state index in [9.17, 15) is 23.4 Å². The Morgan fingerprint density at radius 1 is 1.40 bits per heavy atom. The molecule has 6 nitrogen and oxygen atoms in total. The molecule has 2 rings (SSSR count). The Bertz CT molecular complexity index is 627. The van der Waals surface area contributed by atoms with Gasteiger partial charge in [0.15, 0.2) is 9.84 Å². The predicted octanol–water partition coefficient (Wildman–Crippen LogP) is 0.151. The van der Waals surface area contributed by atoms with E-state index >= 15 is 0 Å². The topological polar surface area (TPSA) is 118 Å². The summed E-state index contributed by atoms with van der Waals surface area (Å²) in [6.07, 6.45) is 0.0115. The lowest BCUT2D eigenvalue weighted by Crippen LogP contribution is -2.57. The predicted molar refractivity (Wildman–Crippen MR) is 73.1 cm³/mol. The average molecular weight is 299 g/mol. The summed E-state index contributed by atoms with van der Waals surface area (Å²) in [6.45, 7) is 0. The molecule has 1 fully saturated rings. The molecule has 1 aromatic rings. The number of sulfone groups is 1. The van der Waals surface area contributed by atoms with E-state index < -0.39 is 33.0 Å². The highest BCUT2D eigenvalue weighted by Crippen LogP contribution is 2.36. The van der Waals surface area contributed by atoms with Crippen LogP contribution in [0.25, 0.3) is 0 Å². The second kappa shape index (κ2) is 5.06. The number of benzene rings is 1. The summed E-state index contributed by atoms with van der Waals surface area (Å²) < 4.78 is 23.6. The number of aromatic hydroxyl groups is 1. The molecule has 0 radical (unpaired) electrons. The Hall–Kier alpha value is -1.60. The van der Waals surface area contributed by atoms with Crippen LogP contribution < -0.4 is 5.73 Å². The largest absolute Gasteiger partial charge is 0.508 e. The Balaban J connectivity index is 2.44. The fourth-order valence-corrected chi connectivity index (χ4v) is 4.61. The van der Waals surface area contributed by atoms with Crippen LogP contribution in [0, 0.1) is 5.41 Å². The van der Waals surface area contributed by atoms with Gasteiger partial charge < -0.3 is 15.9 Å². The first-order chi connectivity index (χ1) is 9.27. The molecule has 110 valence electrons. The van der Waals surface area contributed by atoms with Gasteiger partial charge in [-0.2, -0.15) is 0 Å². The number of carboxylic acids is 1. The van der Waals surface area contributed by atoms with Gasteiger partial charge in [0.2, 0.25) is 0 Å². The van der Waals surface area contributed by atoms with Crippen LogP contribution in [-0.2, 0) is 21.1 Å². The van der Waals surface area contributed by atoms with Crippen molar-refractivity contribution in [2.45, 2.75) is 18.9 Å². The van der Waals surface area contributed by atoms with E-state index in [1.807, 2.05) is 0 Å². The maximum Gasteiger partial charge on any atom is 0.312 e. The van der Waals surface area contributed by atoms with Crippen molar-refractivity contribution in [1.29, 1.82) is 0 Å². The number of rotatable bonds is 3. The molecular weight excluding hydrogens is 282 g/mol. The normalized spacial score (nSPS) is 28.9. The molecule has 1 heterocycles. The van der Waals surface area contributed by atoms with E-state index in [-0.39, 0.29) is 24.3 Å². The third kappa shape index (κ3) is 2.64. The number of carboxylic acid groups (broad SMARTS) is 1. The molecule has 0 amide bonds. The van der Waals surface area contributed by atoms with Gasteiger partial charge in [0.1, 0.15) is 11.2 Å². The molecule has 0 spiro atoms. The van der Waals surface area contributed by atoms with Gasteiger partial charge in [-0.1, -0.05) is 18.2 Å². The smallest absolute Gasteiger partial charge is 0.312 e. The Kier molecular flexibility index (Phi) is 3.75. The lowest BCUT2D eigenvalue weighted by Gasteiger charge is -2.38. The van der Waals surface area contributed by atoms with Gasteiger partial charge in [-0.15, -0.1) is 0 Å². The number of hydrogen-bond acceptors (Lipinski definition) is 5. The molecular formula is C13H17NO5S. The molecule has 1 aliphatic rings. The minimum atomic E-state index is -3.44. The highest BCUT2D eigenvalue weighted by molar-refractivity contribution is 7.91. The number of carbonyl (C=O) groups is 1. The van der Waals surface area contributed by atoms with Crippen molar-refractivity contribution in [3.05, 3.63) is 29.8 Å². The zero-order valence-electron chi connectivity index (χ0n) is 10.8. The first-order valence-electron chi connectivity index (χ1n) is 6.23. The third-order valence-electron chi connectivity index (χ3n) is 3.85. The van der Waals surface area contributed by atoms with E-state index in [0.29, 0.717) is 5.56 Å². The molecule has 0 bridgehead atoms. The number of nitrogens with two attached hydrogens (primary N) is 1. The Morgan fingerprint density at radius 2 is 2.05 bits per heavy atom. The zero-order chi connectivity index (χ0) is 15.0. The first kappa shape index (κ1) is 14.8. The fourth-order valence-electron chi connectivity index (χ4n) is 2.63. The maximum atomic E-state index is 11.8. The van der Waals surface area contributed by atoms with Crippen LogP contribution in [0.2, 0.25) is 0 Å². The monoisotopic (exact) mass is 299 g/mol. The molecule has 0 aliphatic carbocycles.